The third-order valence-corrected chi connectivity index (χ3v) is 2.82. The molecule has 2 aromatic heterocycles. The van der Waals surface area contributed by atoms with Gasteiger partial charge >= 0.3 is 5.97 Å². The lowest BCUT2D eigenvalue weighted by atomic mass is 10.3. The highest BCUT2D eigenvalue weighted by molar-refractivity contribution is 5.94. The van der Waals surface area contributed by atoms with Crippen molar-refractivity contribution in [2.24, 2.45) is 0 Å². The molecule has 0 bridgehead atoms. The minimum atomic E-state index is -0.968. The summed E-state index contributed by atoms with van der Waals surface area (Å²) in [5.41, 5.74) is 0. The van der Waals surface area contributed by atoms with Gasteiger partial charge in [0.1, 0.15) is 12.3 Å². The fraction of sp³-hybridized carbons (Fsp3) is 0.357. The van der Waals surface area contributed by atoms with Gasteiger partial charge in [0.2, 0.25) is 5.95 Å². The van der Waals surface area contributed by atoms with Crippen molar-refractivity contribution in [1.82, 2.24) is 15.1 Å². The van der Waals surface area contributed by atoms with Gasteiger partial charge in [-0.2, -0.15) is 0 Å². The maximum absolute atomic E-state index is 11.9. The third-order valence-electron chi connectivity index (χ3n) is 2.82. The zero-order valence-electron chi connectivity index (χ0n) is 13.0. The van der Waals surface area contributed by atoms with Crippen molar-refractivity contribution < 1.29 is 18.8 Å². The molecule has 0 radical (unpaired) electrons. The van der Waals surface area contributed by atoms with Gasteiger partial charge in [-0.15, -0.1) is 0 Å². The highest BCUT2D eigenvalue weighted by atomic mass is 16.5. The van der Waals surface area contributed by atoms with Crippen LogP contribution < -0.4 is 10.2 Å². The molecule has 0 aliphatic heterocycles. The molecule has 0 aliphatic carbocycles. The maximum atomic E-state index is 11.9. The number of aryl methyl sites for hydroxylation is 1. The van der Waals surface area contributed by atoms with Crippen molar-refractivity contribution in [3.63, 3.8) is 0 Å². The second-order valence-electron chi connectivity index (χ2n) is 4.85. The Balaban J connectivity index is 1.83. The summed E-state index contributed by atoms with van der Waals surface area (Å²) in [6.07, 6.45) is 2.17. The van der Waals surface area contributed by atoms with Crippen LogP contribution in [-0.2, 0) is 14.3 Å². The number of carbonyl (C=O) groups is 2. The van der Waals surface area contributed by atoms with Gasteiger partial charge < -0.3 is 19.5 Å². The predicted octanol–water partition coefficient (Wildman–Crippen LogP) is 0.780. The molecule has 2 aromatic rings. The molecule has 0 aliphatic rings. The summed E-state index contributed by atoms with van der Waals surface area (Å²) >= 11 is 0. The van der Waals surface area contributed by atoms with Gasteiger partial charge in [0.25, 0.3) is 5.91 Å². The molecule has 23 heavy (non-hydrogen) atoms. The normalized spacial score (nSPS) is 11.6. The van der Waals surface area contributed by atoms with Crippen LogP contribution in [0.15, 0.2) is 29.0 Å². The van der Waals surface area contributed by atoms with Crippen LogP contribution in [0.2, 0.25) is 0 Å². The van der Waals surface area contributed by atoms with E-state index in [1.807, 2.05) is 0 Å². The number of ether oxygens (including phenoxy) is 1. The highest BCUT2D eigenvalue weighted by Gasteiger charge is 2.20. The molecule has 122 valence electrons. The molecular formula is C14H17N5O4. The lowest BCUT2D eigenvalue weighted by molar-refractivity contribution is -0.151. The number of rotatable bonds is 6. The highest BCUT2D eigenvalue weighted by Crippen LogP contribution is 2.08. The summed E-state index contributed by atoms with van der Waals surface area (Å²) in [5.74, 6) is 0.156. The number of hydrogen-bond acceptors (Lipinski definition) is 8. The van der Waals surface area contributed by atoms with Gasteiger partial charge in [0.05, 0.1) is 0 Å². The van der Waals surface area contributed by atoms with Crippen molar-refractivity contribution in [3.8, 4) is 0 Å². The molecule has 1 amide bonds. The van der Waals surface area contributed by atoms with Crippen LogP contribution in [0.3, 0.4) is 0 Å². The third kappa shape index (κ3) is 4.77. The van der Waals surface area contributed by atoms with Crippen LogP contribution in [0.4, 0.5) is 11.8 Å². The fourth-order valence-corrected chi connectivity index (χ4v) is 1.69. The summed E-state index contributed by atoms with van der Waals surface area (Å²) in [6.45, 7) is 3.09. The zero-order chi connectivity index (χ0) is 16.8. The summed E-state index contributed by atoms with van der Waals surface area (Å²) in [7, 11) is 1.65. The number of hydrogen-bond donors (Lipinski definition) is 1. The van der Waals surface area contributed by atoms with E-state index in [1.165, 1.54) is 11.8 Å². The smallest absolute Gasteiger partial charge is 0.326 e. The van der Waals surface area contributed by atoms with E-state index in [0.717, 1.165) is 0 Å². The first-order valence-corrected chi connectivity index (χ1v) is 6.87. The Morgan fingerprint density at radius 3 is 2.70 bits per heavy atom. The minimum Gasteiger partial charge on any atom is -0.451 e. The van der Waals surface area contributed by atoms with Crippen molar-refractivity contribution in [2.45, 2.75) is 20.0 Å². The molecule has 2 rings (SSSR count). The van der Waals surface area contributed by atoms with Gasteiger partial charge in [0.15, 0.2) is 11.9 Å². The van der Waals surface area contributed by atoms with Crippen molar-refractivity contribution in [3.05, 3.63) is 30.3 Å². The second-order valence-corrected chi connectivity index (χ2v) is 4.85. The van der Waals surface area contributed by atoms with Crippen LogP contribution in [0, 0.1) is 6.92 Å². The molecule has 1 N–H and O–H groups in total. The van der Waals surface area contributed by atoms with E-state index in [9.17, 15) is 9.59 Å². The van der Waals surface area contributed by atoms with E-state index in [1.54, 1.807) is 38.5 Å². The molecule has 9 heteroatoms. The van der Waals surface area contributed by atoms with Crippen LogP contribution in [0.5, 0.6) is 0 Å². The lowest BCUT2D eigenvalue weighted by Gasteiger charge is -2.17. The van der Waals surface area contributed by atoms with Crippen molar-refractivity contribution in [1.29, 1.82) is 0 Å². The maximum Gasteiger partial charge on any atom is 0.326 e. The SMILES string of the molecule is Cc1cc(NC(=O)[C@@H](C)OC(=O)CN(C)c2ncccn2)no1. The monoisotopic (exact) mass is 319 g/mol. The van der Waals surface area contributed by atoms with E-state index in [2.05, 4.69) is 20.4 Å². The van der Waals surface area contributed by atoms with E-state index in [0.29, 0.717) is 11.7 Å². The number of nitrogens with zero attached hydrogens (tertiary/aromatic N) is 4. The molecule has 0 unspecified atom stereocenters. The Kier molecular flexibility index (Phi) is 5.23. The molecule has 0 fully saturated rings. The number of esters is 1. The lowest BCUT2D eigenvalue weighted by Crippen LogP contribution is -2.35. The number of likely N-dealkylation sites (N-methyl/N-ethyl adjacent to an activating group) is 1. The largest absolute Gasteiger partial charge is 0.451 e. The van der Waals surface area contributed by atoms with Gasteiger partial charge in [-0.1, -0.05) is 5.16 Å². The van der Waals surface area contributed by atoms with Gasteiger partial charge in [0, 0.05) is 25.5 Å². The average molecular weight is 319 g/mol. The van der Waals surface area contributed by atoms with Crippen molar-refractivity contribution in [2.75, 3.05) is 23.8 Å². The quantitative estimate of drug-likeness (QED) is 0.778. The average Bonchev–Trinajstić information content (AvgIpc) is 2.93. The van der Waals surface area contributed by atoms with E-state index in [4.69, 9.17) is 9.26 Å². The molecule has 0 spiro atoms. The Morgan fingerprint density at radius 2 is 2.09 bits per heavy atom. The molecular weight excluding hydrogens is 302 g/mol. The predicted molar refractivity (Wildman–Crippen MR) is 80.7 cm³/mol. The molecule has 2 heterocycles. The number of anilines is 2. The van der Waals surface area contributed by atoms with E-state index < -0.39 is 18.0 Å². The topological polar surface area (TPSA) is 110 Å². The molecule has 0 saturated carbocycles. The second kappa shape index (κ2) is 7.34. The Labute approximate surface area is 132 Å². The molecule has 0 aromatic carbocycles. The number of carbonyl (C=O) groups excluding carboxylic acids is 2. The summed E-state index contributed by atoms with van der Waals surface area (Å²) in [5, 5.41) is 6.13. The first kappa shape index (κ1) is 16.4. The molecule has 1 atom stereocenters. The number of nitrogens with one attached hydrogen (secondary N) is 1. The van der Waals surface area contributed by atoms with Crippen LogP contribution in [0.1, 0.15) is 12.7 Å². The van der Waals surface area contributed by atoms with E-state index in [-0.39, 0.29) is 12.4 Å². The van der Waals surface area contributed by atoms with Crippen molar-refractivity contribution >= 4 is 23.6 Å². The van der Waals surface area contributed by atoms with Gasteiger partial charge in [-0.25, -0.2) is 9.97 Å². The summed E-state index contributed by atoms with van der Waals surface area (Å²) in [6, 6.07) is 3.24. The van der Waals surface area contributed by atoms with Gasteiger partial charge in [-0.3, -0.25) is 9.59 Å². The Bertz CT molecular complexity index is 673. The Hall–Kier alpha value is -2.97. The summed E-state index contributed by atoms with van der Waals surface area (Å²) < 4.78 is 9.91. The number of amides is 1. The Morgan fingerprint density at radius 1 is 1.39 bits per heavy atom. The van der Waals surface area contributed by atoms with E-state index >= 15 is 0 Å². The molecule has 9 nitrogen and oxygen atoms in total. The van der Waals surface area contributed by atoms with Crippen LogP contribution >= 0.6 is 0 Å². The molecule has 0 saturated heterocycles. The minimum absolute atomic E-state index is 0.0787. The first-order valence-electron chi connectivity index (χ1n) is 6.87. The fourth-order valence-electron chi connectivity index (χ4n) is 1.69. The first-order chi connectivity index (χ1) is 11.0. The standard InChI is InChI=1S/C14H17N5O4/c1-9-7-11(18-23-9)17-13(21)10(2)22-12(20)8-19(3)14-15-5-4-6-16-14/h4-7,10H,8H2,1-3H3,(H,17,18,21)/t10-/m1/s1. The van der Waals surface area contributed by atoms with Gasteiger partial charge in [-0.05, 0) is 19.9 Å². The summed E-state index contributed by atoms with van der Waals surface area (Å²) in [4.78, 5) is 33.3. The zero-order valence-corrected chi connectivity index (χ0v) is 13.0. The van der Waals surface area contributed by atoms with Crippen LogP contribution in [-0.4, -0.2) is 46.7 Å². The number of aromatic nitrogens is 3. The van der Waals surface area contributed by atoms with Crippen LogP contribution in [0.25, 0.3) is 0 Å².